The Bertz CT molecular complexity index is 1470. The van der Waals surface area contributed by atoms with E-state index in [1.54, 1.807) is 19.1 Å². The summed E-state index contributed by atoms with van der Waals surface area (Å²) in [6.45, 7) is 6.63. The average molecular weight is 657 g/mol. The maximum Gasteiger partial charge on any atom is 0.341 e. The number of benzene rings is 2. The first-order valence-corrected chi connectivity index (χ1v) is 15.5. The summed E-state index contributed by atoms with van der Waals surface area (Å²) >= 11 is 4.86. The Hall–Kier alpha value is -3.70. The minimum absolute atomic E-state index is 0.215. The molecule has 0 radical (unpaired) electrons. The van der Waals surface area contributed by atoms with Gasteiger partial charge in [-0.2, -0.15) is 5.10 Å². The van der Waals surface area contributed by atoms with Crippen molar-refractivity contribution in [3.63, 3.8) is 0 Å². The van der Waals surface area contributed by atoms with Gasteiger partial charge in [0.2, 0.25) is 0 Å². The fraction of sp³-hybridized carbons (Fsp3) is 0.355. The maximum absolute atomic E-state index is 12.7. The Kier molecular flexibility index (Phi) is 11.1. The number of amides is 2. The quantitative estimate of drug-likeness (QED) is 0.0867. The SMILES string of the molecule is CCOC(=O)c1c(NC(=O)C(=O)N/N=C/c2cc(Br)c(OCc3ccc(C)cc3)c(OCC)c2)sc2c1CCCCC2. The molecule has 2 aromatic carbocycles. The molecule has 4 rings (SSSR count). The van der Waals surface area contributed by atoms with E-state index >= 15 is 0 Å². The number of fused-ring (bicyclic) bond motifs is 1. The van der Waals surface area contributed by atoms with Crippen LogP contribution >= 0.6 is 27.3 Å². The highest BCUT2D eigenvalue weighted by Gasteiger charge is 2.28. The second-order valence-electron chi connectivity index (χ2n) is 9.68. The largest absolute Gasteiger partial charge is 0.490 e. The van der Waals surface area contributed by atoms with Gasteiger partial charge in [-0.05, 0) is 91.2 Å². The van der Waals surface area contributed by atoms with E-state index in [2.05, 4.69) is 31.8 Å². The number of rotatable bonds is 10. The average Bonchev–Trinajstić information content (AvgIpc) is 3.13. The van der Waals surface area contributed by atoms with Crippen LogP contribution in [0.3, 0.4) is 0 Å². The maximum atomic E-state index is 12.7. The smallest absolute Gasteiger partial charge is 0.341 e. The minimum atomic E-state index is -0.966. The van der Waals surface area contributed by atoms with Gasteiger partial charge >= 0.3 is 17.8 Å². The third-order valence-electron chi connectivity index (χ3n) is 6.55. The number of thiophene rings is 1. The van der Waals surface area contributed by atoms with Crippen molar-refractivity contribution in [2.75, 3.05) is 18.5 Å². The lowest BCUT2D eigenvalue weighted by Gasteiger charge is -2.15. The van der Waals surface area contributed by atoms with Gasteiger partial charge in [0.1, 0.15) is 11.6 Å². The van der Waals surface area contributed by atoms with Gasteiger partial charge < -0.3 is 19.5 Å². The molecule has 1 heterocycles. The molecule has 2 N–H and O–H groups in total. The summed E-state index contributed by atoms with van der Waals surface area (Å²) in [4.78, 5) is 39.1. The third kappa shape index (κ3) is 7.98. The summed E-state index contributed by atoms with van der Waals surface area (Å²) in [6.07, 6.45) is 6.02. The fourth-order valence-corrected chi connectivity index (χ4v) is 6.38. The molecule has 3 aromatic rings. The van der Waals surface area contributed by atoms with E-state index < -0.39 is 17.8 Å². The second-order valence-corrected chi connectivity index (χ2v) is 11.6. The van der Waals surface area contributed by atoms with Crippen molar-refractivity contribution in [1.29, 1.82) is 0 Å². The van der Waals surface area contributed by atoms with Gasteiger partial charge in [0.15, 0.2) is 11.5 Å². The summed E-state index contributed by atoms with van der Waals surface area (Å²) in [7, 11) is 0. The topological polar surface area (TPSA) is 115 Å². The number of aryl methyl sites for hydroxylation is 2. The van der Waals surface area contributed by atoms with Crippen LogP contribution in [0.1, 0.15) is 70.6 Å². The van der Waals surface area contributed by atoms with Crippen LogP contribution in [0.25, 0.3) is 0 Å². The Morgan fingerprint density at radius 2 is 1.76 bits per heavy atom. The van der Waals surface area contributed by atoms with E-state index in [-0.39, 0.29) is 6.61 Å². The molecule has 0 unspecified atom stereocenters. The van der Waals surface area contributed by atoms with Gasteiger partial charge in [0.05, 0.1) is 29.5 Å². The van der Waals surface area contributed by atoms with Gasteiger partial charge in [0, 0.05) is 4.88 Å². The number of carbonyl (C=O) groups excluding carboxylic acids is 3. The molecule has 222 valence electrons. The van der Waals surface area contributed by atoms with E-state index in [0.717, 1.165) is 48.1 Å². The van der Waals surface area contributed by atoms with Gasteiger partial charge in [-0.3, -0.25) is 9.59 Å². The number of hydrogen-bond donors (Lipinski definition) is 2. The lowest BCUT2D eigenvalue weighted by Crippen LogP contribution is -2.32. The number of anilines is 1. The highest BCUT2D eigenvalue weighted by Crippen LogP contribution is 2.39. The van der Waals surface area contributed by atoms with Crippen LogP contribution in [0.15, 0.2) is 46.0 Å². The van der Waals surface area contributed by atoms with E-state index in [1.807, 2.05) is 38.1 Å². The monoisotopic (exact) mass is 655 g/mol. The molecule has 1 aliphatic rings. The molecule has 0 aliphatic heterocycles. The Morgan fingerprint density at radius 3 is 2.50 bits per heavy atom. The van der Waals surface area contributed by atoms with Gasteiger partial charge in [-0.15, -0.1) is 11.3 Å². The molecule has 9 nitrogen and oxygen atoms in total. The Balaban J connectivity index is 1.42. The third-order valence-corrected chi connectivity index (χ3v) is 8.35. The van der Waals surface area contributed by atoms with Crippen LogP contribution in [0.4, 0.5) is 5.00 Å². The Labute approximate surface area is 257 Å². The van der Waals surface area contributed by atoms with Crippen molar-refractivity contribution in [3.05, 3.63) is 73.6 Å². The number of hydrogen-bond acceptors (Lipinski definition) is 8. The first kappa shape index (κ1) is 31.2. The predicted octanol–water partition coefficient (Wildman–Crippen LogP) is 6.33. The van der Waals surface area contributed by atoms with Gasteiger partial charge in [-0.25, -0.2) is 10.2 Å². The normalized spacial score (nSPS) is 12.8. The molecule has 1 aromatic heterocycles. The van der Waals surface area contributed by atoms with Crippen molar-refractivity contribution in [3.8, 4) is 11.5 Å². The molecule has 1 aliphatic carbocycles. The van der Waals surface area contributed by atoms with Crippen molar-refractivity contribution < 1.29 is 28.6 Å². The number of hydrazone groups is 1. The number of halogens is 1. The highest BCUT2D eigenvalue weighted by molar-refractivity contribution is 9.10. The second kappa shape index (κ2) is 15.0. The fourth-order valence-electron chi connectivity index (χ4n) is 4.53. The molecule has 0 atom stereocenters. The zero-order valence-corrected chi connectivity index (χ0v) is 26.3. The summed E-state index contributed by atoms with van der Waals surface area (Å²) < 4.78 is 17.7. The van der Waals surface area contributed by atoms with Crippen LogP contribution in [-0.2, 0) is 33.8 Å². The minimum Gasteiger partial charge on any atom is -0.490 e. The summed E-state index contributed by atoms with van der Waals surface area (Å²) in [5.74, 6) is -1.33. The molecule has 0 saturated carbocycles. The van der Waals surface area contributed by atoms with Gasteiger partial charge in [-0.1, -0.05) is 36.2 Å². The van der Waals surface area contributed by atoms with Crippen molar-refractivity contribution >= 4 is 56.3 Å². The molecule has 11 heteroatoms. The lowest BCUT2D eigenvalue weighted by molar-refractivity contribution is -0.136. The first-order chi connectivity index (χ1) is 20.3. The van der Waals surface area contributed by atoms with Crippen LogP contribution in [0.2, 0.25) is 0 Å². The van der Waals surface area contributed by atoms with Crippen molar-refractivity contribution in [1.82, 2.24) is 5.43 Å². The number of nitrogens with zero attached hydrogens (tertiary/aromatic N) is 1. The standard InChI is InChI=1S/C31H34BrN3O6S/c1-4-39-24-16-21(15-23(32)27(24)41-18-20-13-11-19(3)12-14-20)17-33-35-29(37)28(36)34-30-26(31(38)40-5-2)22-9-7-6-8-10-25(22)42-30/h11-17H,4-10,18H2,1-3H3,(H,34,36)(H,35,37)/b33-17+. The van der Waals surface area contributed by atoms with E-state index in [0.29, 0.717) is 45.3 Å². The number of nitrogens with one attached hydrogen (secondary N) is 2. The number of carbonyl (C=O) groups is 3. The molecular formula is C31H34BrN3O6S. The van der Waals surface area contributed by atoms with Crippen LogP contribution < -0.4 is 20.2 Å². The van der Waals surface area contributed by atoms with Crippen LogP contribution in [-0.4, -0.2) is 37.2 Å². The molecule has 0 saturated heterocycles. The molecule has 0 fully saturated rings. The van der Waals surface area contributed by atoms with E-state index in [4.69, 9.17) is 14.2 Å². The van der Waals surface area contributed by atoms with Crippen LogP contribution in [0, 0.1) is 6.92 Å². The van der Waals surface area contributed by atoms with Gasteiger partial charge in [0.25, 0.3) is 0 Å². The summed E-state index contributed by atoms with van der Waals surface area (Å²) in [5.41, 5.74) is 6.32. The first-order valence-electron chi connectivity index (χ1n) is 13.9. The molecule has 0 bridgehead atoms. The zero-order chi connectivity index (χ0) is 30.1. The Morgan fingerprint density at radius 1 is 1.00 bits per heavy atom. The van der Waals surface area contributed by atoms with E-state index in [9.17, 15) is 14.4 Å². The molecule has 2 amide bonds. The number of ether oxygens (including phenoxy) is 3. The van der Waals surface area contributed by atoms with Crippen LogP contribution in [0.5, 0.6) is 11.5 Å². The molecule has 0 spiro atoms. The van der Waals surface area contributed by atoms with Crippen molar-refractivity contribution in [2.24, 2.45) is 5.10 Å². The zero-order valence-electron chi connectivity index (χ0n) is 23.9. The summed E-state index contributed by atoms with van der Waals surface area (Å²) in [6, 6.07) is 11.6. The lowest BCUT2D eigenvalue weighted by atomic mass is 10.1. The summed E-state index contributed by atoms with van der Waals surface area (Å²) in [5, 5.41) is 6.88. The predicted molar refractivity (Wildman–Crippen MR) is 167 cm³/mol. The number of esters is 1. The van der Waals surface area contributed by atoms with E-state index in [1.165, 1.54) is 23.1 Å². The van der Waals surface area contributed by atoms with Crippen molar-refractivity contribution in [2.45, 2.75) is 59.5 Å². The highest BCUT2D eigenvalue weighted by atomic mass is 79.9. The molecule has 42 heavy (non-hydrogen) atoms. The molecular weight excluding hydrogens is 622 g/mol.